The number of benzene rings is 2. The van der Waals surface area contributed by atoms with Crippen molar-refractivity contribution in [1.82, 2.24) is 14.8 Å². The molecular weight excluding hydrogens is 350 g/mol. The Morgan fingerprint density at radius 1 is 1.15 bits per heavy atom. The van der Waals surface area contributed by atoms with Gasteiger partial charge in [0.1, 0.15) is 0 Å². The Kier molecular flexibility index (Phi) is 4.38. The van der Waals surface area contributed by atoms with Crippen LogP contribution in [0.2, 0.25) is 0 Å². The van der Waals surface area contributed by atoms with Gasteiger partial charge in [0.2, 0.25) is 6.79 Å². The second-order valence-corrected chi connectivity index (χ2v) is 6.90. The van der Waals surface area contributed by atoms with Crippen molar-refractivity contribution in [1.29, 1.82) is 0 Å². The van der Waals surface area contributed by atoms with Gasteiger partial charge in [-0.15, -0.1) is 10.2 Å². The van der Waals surface area contributed by atoms with Crippen LogP contribution in [-0.4, -0.2) is 33.1 Å². The molecule has 0 radical (unpaired) electrons. The predicted octanol–water partition coefficient (Wildman–Crippen LogP) is 3.49. The topological polar surface area (TPSA) is 66.2 Å². The van der Waals surface area contributed by atoms with E-state index < -0.39 is 0 Å². The maximum atomic E-state index is 12.5. The summed E-state index contributed by atoms with van der Waals surface area (Å²) in [4.78, 5) is 12.5. The number of aryl methyl sites for hydroxylation is 1. The Labute approximate surface area is 155 Å². The summed E-state index contributed by atoms with van der Waals surface area (Å²) in [5, 5.41) is 9.23. The van der Waals surface area contributed by atoms with Gasteiger partial charge >= 0.3 is 0 Å². The van der Waals surface area contributed by atoms with Crippen LogP contribution in [-0.2, 0) is 7.05 Å². The third-order valence-corrected chi connectivity index (χ3v) is 5.27. The molecule has 1 aromatic heterocycles. The van der Waals surface area contributed by atoms with Crippen LogP contribution in [0.4, 0.5) is 0 Å². The van der Waals surface area contributed by atoms with Crippen molar-refractivity contribution in [3.63, 3.8) is 0 Å². The molecule has 3 aromatic rings. The van der Waals surface area contributed by atoms with Gasteiger partial charge in [-0.25, -0.2) is 0 Å². The lowest BCUT2D eigenvalue weighted by Gasteiger charge is -2.06. The molecular formula is C19H17N3O3S. The van der Waals surface area contributed by atoms with Crippen LogP contribution in [0.1, 0.15) is 15.9 Å². The van der Waals surface area contributed by atoms with Crippen molar-refractivity contribution in [3.05, 3.63) is 53.6 Å². The zero-order valence-electron chi connectivity index (χ0n) is 14.4. The number of nitrogens with zero attached hydrogens (tertiary/aromatic N) is 3. The first kappa shape index (κ1) is 16.7. The second kappa shape index (κ2) is 6.84. The lowest BCUT2D eigenvalue weighted by atomic mass is 10.1. The minimum Gasteiger partial charge on any atom is -0.454 e. The van der Waals surface area contributed by atoms with Crippen molar-refractivity contribution in [2.75, 3.05) is 12.5 Å². The van der Waals surface area contributed by atoms with Gasteiger partial charge in [-0.1, -0.05) is 36.0 Å². The molecule has 0 aliphatic carbocycles. The Balaban J connectivity index is 1.49. The van der Waals surface area contributed by atoms with E-state index in [9.17, 15) is 4.79 Å². The van der Waals surface area contributed by atoms with Crippen LogP contribution in [0.3, 0.4) is 0 Å². The fraction of sp³-hybridized carbons (Fsp3) is 0.211. The van der Waals surface area contributed by atoms with Crippen molar-refractivity contribution in [2.45, 2.75) is 12.1 Å². The molecule has 0 spiro atoms. The number of ketones is 1. The number of aromatic nitrogens is 3. The highest BCUT2D eigenvalue weighted by molar-refractivity contribution is 7.99. The minimum atomic E-state index is 0.00809. The number of thioether (sulfide) groups is 1. The number of ether oxygens (including phenoxy) is 2. The molecule has 1 aliphatic rings. The molecule has 0 amide bonds. The zero-order valence-corrected chi connectivity index (χ0v) is 15.2. The Morgan fingerprint density at radius 2 is 1.96 bits per heavy atom. The van der Waals surface area contributed by atoms with Crippen molar-refractivity contribution >= 4 is 17.5 Å². The monoisotopic (exact) mass is 367 g/mol. The molecule has 2 heterocycles. The first-order valence-corrected chi connectivity index (χ1v) is 9.13. The summed E-state index contributed by atoms with van der Waals surface area (Å²) < 4.78 is 12.5. The molecule has 0 saturated heterocycles. The van der Waals surface area contributed by atoms with E-state index in [-0.39, 0.29) is 18.3 Å². The zero-order chi connectivity index (χ0) is 18.1. The highest BCUT2D eigenvalue weighted by atomic mass is 32.2. The van der Waals surface area contributed by atoms with E-state index in [0.717, 1.165) is 17.0 Å². The molecule has 6 nitrogen and oxygen atoms in total. The third kappa shape index (κ3) is 3.06. The lowest BCUT2D eigenvalue weighted by Crippen LogP contribution is -2.04. The molecule has 4 rings (SSSR count). The van der Waals surface area contributed by atoms with Crippen LogP contribution < -0.4 is 9.47 Å². The van der Waals surface area contributed by atoms with Crippen LogP contribution >= 0.6 is 11.8 Å². The Bertz CT molecular complexity index is 984. The first-order valence-electron chi connectivity index (χ1n) is 8.14. The maximum absolute atomic E-state index is 12.5. The Hall–Kier alpha value is -2.80. The average Bonchev–Trinajstić information content (AvgIpc) is 3.26. The second-order valence-electron chi connectivity index (χ2n) is 5.96. The molecule has 1 aliphatic heterocycles. The molecule has 2 aromatic carbocycles. The number of carbonyl (C=O) groups excluding carboxylic acids is 1. The van der Waals surface area contributed by atoms with Gasteiger partial charge in [-0.05, 0) is 30.7 Å². The third-order valence-electron chi connectivity index (χ3n) is 4.25. The highest BCUT2D eigenvalue weighted by Gasteiger charge is 2.18. The summed E-state index contributed by atoms with van der Waals surface area (Å²) in [6.07, 6.45) is 0. The molecule has 26 heavy (non-hydrogen) atoms. The van der Waals surface area contributed by atoms with Crippen molar-refractivity contribution < 1.29 is 14.3 Å². The summed E-state index contributed by atoms with van der Waals surface area (Å²) in [7, 11) is 1.91. The number of Topliss-reactive ketones (excluding diaryl/α,β-unsaturated/α-hetero) is 1. The van der Waals surface area contributed by atoms with Crippen LogP contribution in [0.15, 0.2) is 47.6 Å². The van der Waals surface area contributed by atoms with Gasteiger partial charge in [-0.2, -0.15) is 0 Å². The molecule has 0 unspecified atom stereocenters. The quantitative estimate of drug-likeness (QED) is 0.508. The van der Waals surface area contributed by atoms with Crippen LogP contribution in [0.25, 0.3) is 11.4 Å². The minimum absolute atomic E-state index is 0.00809. The SMILES string of the molecule is Cc1ccccc1-c1nnc(SCC(=O)c2ccc3c(c2)OCO3)n1C. The van der Waals surface area contributed by atoms with Crippen LogP contribution in [0.5, 0.6) is 11.5 Å². The normalized spacial score (nSPS) is 12.4. The summed E-state index contributed by atoms with van der Waals surface area (Å²) in [5.41, 5.74) is 2.77. The highest BCUT2D eigenvalue weighted by Crippen LogP contribution is 2.33. The van der Waals surface area contributed by atoms with Crippen molar-refractivity contribution in [3.8, 4) is 22.9 Å². The molecule has 7 heteroatoms. The first-order chi connectivity index (χ1) is 12.6. The summed E-state index contributed by atoms with van der Waals surface area (Å²) in [6, 6.07) is 13.3. The largest absolute Gasteiger partial charge is 0.454 e. The summed E-state index contributed by atoms with van der Waals surface area (Å²) in [5.74, 6) is 2.36. The molecule has 0 fully saturated rings. The Morgan fingerprint density at radius 3 is 2.81 bits per heavy atom. The van der Waals surface area contributed by atoms with E-state index in [1.165, 1.54) is 11.8 Å². The van der Waals surface area contributed by atoms with E-state index in [1.807, 2.05) is 42.8 Å². The van der Waals surface area contributed by atoms with E-state index in [1.54, 1.807) is 18.2 Å². The van der Waals surface area contributed by atoms with Gasteiger partial charge < -0.3 is 14.0 Å². The molecule has 0 bridgehead atoms. The standard InChI is InChI=1S/C19H17N3O3S/c1-12-5-3-4-6-14(12)18-20-21-19(22(18)2)26-10-15(23)13-7-8-16-17(9-13)25-11-24-16/h3-9H,10-11H2,1-2H3. The summed E-state index contributed by atoms with van der Waals surface area (Å²) in [6.45, 7) is 2.24. The molecule has 0 atom stereocenters. The van der Waals surface area contributed by atoms with Crippen LogP contribution in [0, 0.1) is 6.92 Å². The van der Waals surface area contributed by atoms with E-state index in [0.29, 0.717) is 22.2 Å². The van der Waals surface area contributed by atoms with Gasteiger partial charge in [0.05, 0.1) is 5.75 Å². The lowest BCUT2D eigenvalue weighted by molar-refractivity contribution is 0.102. The smallest absolute Gasteiger partial charge is 0.231 e. The van der Waals surface area contributed by atoms with Gasteiger partial charge in [0.15, 0.2) is 28.3 Å². The summed E-state index contributed by atoms with van der Waals surface area (Å²) >= 11 is 1.37. The van der Waals surface area contributed by atoms with Gasteiger partial charge in [-0.3, -0.25) is 4.79 Å². The molecule has 0 saturated carbocycles. The number of hydrogen-bond donors (Lipinski definition) is 0. The molecule has 0 N–H and O–H groups in total. The number of carbonyl (C=O) groups is 1. The van der Waals surface area contributed by atoms with E-state index in [2.05, 4.69) is 10.2 Å². The van der Waals surface area contributed by atoms with Crippen molar-refractivity contribution in [2.24, 2.45) is 7.05 Å². The number of rotatable bonds is 5. The maximum Gasteiger partial charge on any atom is 0.231 e. The average molecular weight is 367 g/mol. The van der Waals surface area contributed by atoms with E-state index >= 15 is 0 Å². The number of hydrogen-bond acceptors (Lipinski definition) is 6. The number of fused-ring (bicyclic) bond motifs is 1. The van der Waals surface area contributed by atoms with Gasteiger partial charge in [0.25, 0.3) is 0 Å². The fourth-order valence-electron chi connectivity index (χ4n) is 2.78. The fourth-order valence-corrected chi connectivity index (χ4v) is 3.59. The van der Waals surface area contributed by atoms with Gasteiger partial charge in [0, 0.05) is 18.2 Å². The molecule has 132 valence electrons. The van der Waals surface area contributed by atoms with E-state index in [4.69, 9.17) is 9.47 Å². The predicted molar refractivity (Wildman–Crippen MR) is 98.8 cm³/mol.